The molecule has 1 aromatic carbocycles. The van der Waals surface area contributed by atoms with Gasteiger partial charge in [-0.05, 0) is 39.2 Å². The van der Waals surface area contributed by atoms with Crippen molar-refractivity contribution in [2.75, 3.05) is 20.3 Å². The van der Waals surface area contributed by atoms with Gasteiger partial charge in [0, 0.05) is 28.5 Å². The van der Waals surface area contributed by atoms with Gasteiger partial charge in [0.2, 0.25) is 0 Å². The molecule has 2 aliphatic rings. The zero-order valence-electron chi connectivity index (χ0n) is 18.6. The fraction of sp³-hybridized carbons (Fsp3) is 0.500. The molecule has 1 aromatic rings. The van der Waals surface area contributed by atoms with Crippen LogP contribution in [0.4, 0.5) is 0 Å². The number of ketones is 1. The fourth-order valence-electron chi connectivity index (χ4n) is 4.59. The summed E-state index contributed by atoms with van der Waals surface area (Å²) in [6.45, 7) is 7.88. The van der Waals surface area contributed by atoms with E-state index in [-0.39, 0.29) is 18.3 Å². The van der Waals surface area contributed by atoms with Crippen LogP contribution in [-0.4, -0.2) is 43.8 Å². The largest absolute Gasteiger partial charge is 0.494 e. The van der Waals surface area contributed by atoms with Gasteiger partial charge in [0.1, 0.15) is 17.6 Å². The molecule has 0 bridgehead atoms. The maximum absolute atomic E-state index is 13.6. The van der Waals surface area contributed by atoms with E-state index in [0.29, 0.717) is 41.3 Å². The Balaban J connectivity index is 2.23. The normalized spacial score (nSPS) is 25.5. The molecule has 0 radical (unpaired) electrons. The molecule has 7 nitrogen and oxygen atoms in total. The van der Waals surface area contributed by atoms with Crippen LogP contribution < -0.4 is 4.74 Å². The lowest BCUT2D eigenvalue weighted by molar-refractivity contribution is -0.151. The molecule has 3 rings (SSSR count). The second-order valence-electron chi connectivity index (χ2n) is 7.84. The summed E-state index contributed by atoms with van der Waals surface area (Å²) < 4.78 is 16.1. The van der Waals surface area contributed by atoms with Crippen molar-refractivity contribution in [1.29, 1.82) is 0 Å². The Labute approximate surface area is 182 Å². The van der Waals surface area contributed by atoms with Gasteiger partial charge in [0.15, 0.2) is 5.78 Å². The van der Waals surface area contributed by atoms with Crippen molar-refractivity contribution < 1.29 is 28.6 Å². The Kier molecular flexibility index (Phi) is 6.93. The van der Waals surface area contributed by atoms with Crippen molar-refractivity contribution in [2.24, 2.45) is 22.7 Å². The van der Waals surface area contributed by atoms with Crippen molar-refractivity contribution >= 4 is 23.4 Å². The van der Waals surface area contributed by atoms with E-state index in [1.54, 1.807) is 13.8 Å². The first-order valence-electron chi connectivity index (χ1n) is 10.6. The topological polar surface area (TPSA) is 91.3 Å². The molecule has 1 heterocycles. The number of hydrogen-bond acceptors (Lipinski definition) is 7. The summed E-state index contributed by atoms with van der Waals surface area (Å²) in [5.74, 6) is -3.39. The molecule has 0 spiro atoms. The summed E-state index contributed by atoms with van der Waals surface area (Å²) in [5.41, 5.74) is 2.29. The molecule has 0 N–H and O–H groups in total. The van der Waals surface area contributed by atoms with E-state index < -0.39 is 29.7 Å². The van der Waals surface area contributed by atoms with Crippen molar-refractivity contribution in [1.82, 2.24) is 0 Å². The predicted molar refractivity (Wildman–Crippen MR) is 115 cm³/mol. The van der Waals surface area contributed by atoms with Crippen LogP contribution in [0.15, 0.2) is 40.5 Å². The van der Waals surface area contributed by atoms with E-state index in [1.165, 1.54) is 7.11 Å². The van der Waals surface area contributed by atoms with Crippen LogP contribution in [-0.2, 0) is 23.9 Å². The number of ether oxygens (including phenoxy) is 3. The van der Waals surface area contributed by atoms with Gasteiger partial charge in [-0.3, -0.25) is 19.4 Å². The molecular formula is C24H29NO6. The number of para-hydroxylation sites is 1. The van der Waals surface area contributed by atoms with E-state index >= 15 is 0 Å². The van der Waals surface area contributed by atoms with Gasteiger partial charge in [-0.15, -0.1) is 0 Å². The molecule has 0 fully saturated rings. The highest BCUT2D eigenvalue weighted by Crippen LogP contribution is 2.48. The predicted octanol–water partition coefficient (Wildman–Crippen LogP) is 3.47. The third-order valence-corrected chi connectivity index (χ3v) is 5.90. The van der Waals surface area contributed by atoms with Gasteiger partial charge in [-0.1, -0.05) is 25.1 Å². The van der Waals surface area contributed by atoms with Crippen LogP contribution >= 0.6 is 0 Å². The third kappa shape index (κ3) is 4.13. The molecule has 4 unspecified atom stereocenters. The summed E-state index contributed by atoms with van der Waals surface area (Å²) in [4.78, 5) is 43.7. The number of esters is 2. The van der Waals surface area contributed by atoms with E-state index in [9.17, 15) is 14.4 Å². The van der Waals surface area contributed by atoms with Gasteiger partial charge in [-0.25, -0.2) is 0 Å². The molecule has 1 aliphatic carbocycles. The molecule has 7 heteroatoms. The van der Waals surface area contributed by atoms with Crippen LogP contribution in [0.3, 0.4) is 0 Å². The lowest BCUT2D eigenvalue weighted by atomic mass is 9.67. The Morgan fingerprint density at radius 2 is 1.81 bits per heavy atom. The Bertz CT molecular complexity index is 947. The lowest BCUT2D eigenvalue weighted by Crippen LogP contribution is -2.43. The van der Waals surface area contributed by atoms with Crippen LogP contribution in [0, 0.1) is 17.8 Å². The highest BCUT2D eigenvalue weighted by atomic mass is 16.5. The van der Waals surface area contributed by atoms with Crippen molar-refractivity contribution in [3.63, 3.8) is 0 Å². The first-order chi connectivity index (χ1) is 14.8. The van der Waals surface area contributed by atoms with Gasteiger partial charge in [0.25, 0.3) is 0 Å². The molecule has 0 saturated heterocycles. The van der Waals surface area contributed by atoms with Crippen LogP contribution in [0.25, 0.3) is 0 Å². The van der Waals surface area contributed by atoms with Crippen molar-refractivity contribution in [3.8, 4) is 5.75 Å². The minimum Gasteiger partial charge on any atom is -0.494 e. The zero-order valence-corrected chi connectivity index (χ0v) is 18.6. The minimum atomic E-state index is -0.929. The average molecular weight is 427 g/mol. The summed E-state index contributed by atoms with van der Waals surface area (Å²) in [6.07, 6.45) is 0.445. The minimum absolute atomic E-state index is 0.212. The number of carbonyl (C=O) groups is 3. The van der Waals surface area contributed by atoms with Crippen molar-refractivity contribution in [2.45, 2.75) is 40.0 Å². The Morgan fingerprint density at radius 3 is 2.45 bits per heavy atom. The number of rotatable bonds is 6. The average Bonchev–Trinajstić information content (AvgIpc) is 2.73. The standard InChI is InChI=1S/C24H29NO6/c1-6-30-17-11-9-8-10-15(17)20-19(24(28)31-7-2)14(4)25-16-12-13(3)18(23(27)29-5)22(26)21(16)20/h8-11,13,18-20H,6-7,12H2,1-5H3. The SMILES string of the molecule is CCOC(=O)C1C(C)=NC2=C(C(=O)C(C(=O)OC)C(C)C2)C1c1ccccc1OCC. The van der Waals surface area contributed by atoms with Crippen molar-refractivity contribution in [3.05, 3.63) is 41.1 Å². The number of aliphatic imine (C=N–C) groups is 1. The van der Waals surface area contributed by atoms with Gasteiger partial charge < -0.3 is 14.2 Å². The van der Waals surface area contributed by atoms with E-state index in [4.69, 9.17) is 14.2 Å². The molecule has 166 valence electrons. The maximum Gasteiger partial charge on any atom is 0.316 e. The smallest absolute Gasteiger partial charge is 0.316 e. The summed E-state index contributed by atoms with van der Waals surface area (Å²) in [7, 11) is 1.28. The summed E-state index contributed by atoms with van der Waals surface area (Å²) in [5, 5.41) is 0. The second kappa shape index (κ2) is 9.45. The Hall–Kier alpha value is -2.96. The highest BCUT2D eigenvalue weighted by Gasteiger charge is 2.49. The molecule has 0 saturated carbocycles. The lowest BCUT2D eigenvalue weighted by Gasteiger charge is -2.38. The number of allylic oxidation sites excluding steroid dienone is 2. The second-order valence-corrected chi connectivity index (χ2v) is 7.84. The number of Topliss-reactive ketones (excluding diaryl/α,β-unsaturated/α-hetero) is 1. The number of methoxy groups -OCH3 is 1. The fourth-order valence-corrected chi connectivity index (χ4v) is 4.59. The number of benzene rings is 1. The first kappa shape index (κ1) is 22.7. The number of hydrogen-bond donors (Lipinski definition) is 0. The Morgan fingerprint density at radius 1 is 1.10 bits per heavy atom. The van der Waals surface area contributed by atoms with Crippen LogP contribution in [0.1, 0.15) is 45.6 Å². The molecule has 1 aliphatic heterocycles. The maximum atomic E-state index is 13.6. The van der Waals surface area contributed by atoms with Crippen LogP contribution in [0.5, 0.6) is 5.75 Å². The third-order valence-electron chi connectivity index (χ3n) is 5.90. The zero-order chi connectivity index (χ0) is 22.7. The summed E-state index contributed by atoms with van der Waals surface area (Å²) in [6, 6.07) is 7.35. The molecular weight excluding hydrogens is 398 g/mol. The quantitative estimate of drug-likeness (QED) is 0.510. The highest BCUT2D eigenvalue weighted by molar-refractivity contribution is 6.14. The monoisotopic (exact) mass is 427 g/mol. The number of nitrogens with zero attached hydrogens (tertiary/aromatic N) is 1. The first-order valence-corrected chi connectivity index (χ1v) is 10.6. The molecule has 4 atom stereocenters. The summed E-state index contributed by atoms with van der Waals surface area (Å²) >= 11 is 0. The van der Waals surface area contributed by atoms with Gasteiger partial charge in [0.05, 0.1) is 20.3 Å². The van der Waals surface area contributed by atoms with E-state index in [0.717, 1.165) is 0 Å². The van der Waals surface area contributed by atoms with Gasteiger partial charge >= 0.3 is 11.9 Å². The molecule has 31 heavy (non-hydrogen) atoms. The van der Waals surface area contributed by atoms with E-state index in [2.05, 4.69) is 4.99 Å². The molecule has 0 aromatic heterocycles. The number of carbonyl (C=O) groups excluding carboxylic acids is 3. The van der Waals surface area contributed by atoms with Gasteiger partial charge in [-0.2, -0.15) is 0 Å². The molecule has 0 amide bonds. The van der Waals surface area contributed by atoms with Crippen LogP contribution in [0.2, 0.25) is 0 Å². The van der Waals surface area contributed by atoms with E-state index in [1.807, 2.05) is 38.1 Å².